The predicted molar refractivity (Wildman–Crippen MR) is 36.8 cm³/mol. The van der Waals surface area contributed by atoms with Gasteiger partial charge in [0.2, 0.25) is 5.71 Å². The summed E-state index contributed by atoms with van der Waals surface area (Å²) >= 11 is 5.54. The Hall–Kier alpha value is -1.09. The molecule has 0 aliphatic heterocycles. The summed E-state index contributed by atoms with van der Waals surface area (Å²) in [5.74, 6) is 0. The molecule has 10 heavy (non-hydrogen) atoms. The number of furan rings is 1. The summed E-state index contributed by atoms with van der Waals surface area (Å²) in [5, 5.41) is 0.349. The Balaban J connectivity index is 2.86. The third-order valence-electron chi connectivity index (χ3n) is 1.14. The van der Waals surface area contributed by atoms with Gasteiger partial charge in [0.15, 0.2) is 5.15 Å². The molecule has 0 saturated heterocycles. The molecule has 0 aliphatic carbocycles. The summed E-state index contributed by atoms with van der Waals surface area (Å²) in [6.45, 7) is 0. The molecule has 50 valence electrons. The van der Waals surface area contributed by atoms with Crippen molar-refractivity contribution >= 4 is 22.8 Å². The summed E-state index contributed by atoms with van der Waals surface area (Å²) in [6, 6.07) is 1.73. The van der Waals surface area contributed by atoms with Crippen LogP contribution in [0.5, 0.6) is 0 Å². The van der Waals surface area contributed by atoms with Crippen LogP contribution in [0, 0.1) is 0 Å². The second-order valence-corrected chi connectivity index (χ2v) is 2.19. The lowest BCUT2D eigenvalue weighted by Gasteiger charge is -1.85. The first-order valence-corrected chi connectivity index (χ1v) is 3.10. The first-order chi connectivity index (χ1) is 4.86. The fourth-order valence-corrected chi connectivity index (χ4v) is 0.851. The minimum Gasteiger partial charge on any atom is -0.445 e. The molecular weight excluding hydrogens is 152 g/mol. The van der Waals surface area contributed by atoms with E-state index in [0.29, 0.717) is 10.9 Å². The fraction of sp³-hybridized carbons (Fsp3) is 0. The van der Waals surface area contributed by atoms with Crippen molar-refractivity contribution in [1.82, 2.24) is 9.97 Å². The fourth-order valence-electron chi connectivity index (χ4n) is 0.725. The van der Waals surface area contributed by atoms with Gasteiger partial charge in [-0.15, -0.1) is 0 Å². The first-order valence-electron chi connectivity index (χ1n) is 2.72. The van der Waals surface area contributed by atoms with Crippen molar-refractivity contribution in [3.63, 3.8) is 0 Å². The highest BCUT2D eigenvalue weighted by Gasteiger charge is 1.98. The molecule has 0 aromatic carbocycles. The Morgan fingerprint density at radius 3 is 3.30 bits per heavy atom. The topological polar surface area (TPSA) is 38.9 Å². The zero-order valence-corrected chi connectivity index (χ0v) is 5.67. The highest BCUT2D eigenvalue weighted by Crippen LogP contribution is 2.11. The standard InChI is InChI=1S/C6H3ClN2O/c7-5-3-8-4-1-2-10-6(4)9-5/h1-3H. The number of halogens is 1. The molecule has 2 rings (SSSR count). The number of fused-ring (bicyclic) bond motifs is 1. The number of hydrogen-bond donors (Lipinski definition) is 0. The number of aromatic nitrogens is 2. The third kappa shape index (κ3) is 0.752. The second-order valence-electron chi connectivity index (χ2n) is 1.80. The zero-order valence-electron chi connectivity index (χ0n) is 4.91. The highest BCUT2D eigenvalue weighted by atomic mass is 35.5. The average Bonchev–Trinajstić information content (AvgIpc) is 2.33. The zero-order chi connectivity index (χ0) is 6.97. The maximum atomic E-state index is 5.54. The van der Waals surface area contributed by atoms with Gasteiger partial charge in [-0.2, -0.15) is 4.98 Å². The summed E-state index contributed by atoms with van der Waals surface area (Å²) < 4.78 is 4.94. The molecule has 2 heterocycles. The Morgan fingerprint density at radius 2 is 2.40 bits per heavy atom. The minimum atomic E-state index is 0.349. The van der Waals surface area contributed by atoms with E-state index < -0.39 is 0 Å². The van der Waals surface area contributed by atoms with Crippen molar-refractivity contribution in [2.45, 2.75) is 0 Å². The molecule has 0 atom stereocenters. The van der Waals surface area contributed by atoms with Crippen LogP contribution in [0.25, 0.3) is 11.2 Å². The van der Waals surface area contributed by atoms with E-state index >= 15 is 0 Å². The monoisotopic (exact) mass is 154 g/mol. The van der Waals surface area contributed by atoms with Crippen LogP contribution in [0.2, 0.25) is 5.15 Å². The molecule has 0 radical (unpaired) electrons. The molecule has 0 unspecified atom stereocenters. The number of nitrogens with zero attached hydrogens (tertiary/aromatic N) is 2. The van der Waals surface area contributed by atoms with Gasteiger partial charge in [0.1, 0.15) is 5.52 Å². The van der Waals surface area contributed by atoms with E-state index in [1.807, 2.05) is 0 Å². The maximum Gasteiger partial charge on any atom is 0.246 e. The van der Waals surface area contributed by atoms with E-state index in [0.717, 1.165) is 5.52 Å². The Labute approximate surface area is 61.6 Å². The van der Waals surface area contributed by atoms with Crippen molar-refractivity contribution in [1.29, 1.82) is 0 Å². The van der Waals surface area contributed by atoms with Gasteiger partial charge < -0.3 is 4.42 Å². The molecule has 0 N–H and O–H groups in total. The molecule has 0 bridgehead atoms. The first kappa shape index (κ1) is 5.68. The molecule has 0 fully saturated rings. The van der Waals surface area contributed by atoms with Crippen LogP contribution in [-0.2, 0) is 0 Å². The Bertz CT molecular complexity index is 357. The van der Waals surface area contributed by atoms with Crippen molar-refractivity contribution in [2.24, 2.45) is 0 Å². The van der Waals surface area contributed by atoms with E-state index in [1.165, 1.54) is 12.5 Å². The van der Waals surface area contributed by atoms with E-state index in [4.69, 9.17) is 16.0 Å². The molecule has 0 spiro atoms. The summed E-state index contributed by atoms with van der Waals surface area (Å²) in [7, 11) is 0. The van der Waals surface area contributed by atoms with E-state index in [1.54, 1.807) is 6.07 Å². The summed E-state index contributed by atoms with van der Waals surface area (Å²) in [5.41, 5.74) is 1.21. The Morgan fingerprint density at radius 1 is 1.50 bits per heavy atom. The lowest BCUT2D eigenvalue weighted by atomic mass is 10.5. The molecule has 2 aromatic heterocycles. The van der Waals surface area contributed by atoms with E-state index in [-0.39, 0.29) is 0 Å². The van der Waals surface area contributed by atoms with Crippen LogP contribution in [0.4, 0.5) is 0 Å². The van der Waals surface area contributed by atoms with Gasteiger partial charge in [0.05, 0.1) is 12.5 Å². The van der Waals surface area contributed by atoms with Crippen LogP contribution in [0.15, 0.2) is 22.9 Å². The van der Waals surface area contributed by atoms with Crippen molar-refractivity contribution in [3.05, 3.63) is 23.7 Å². The predicted octanol–water partition coefficient (Wildman–Crippen LogP) is 1.88. The summed E-state index contributed by atoms with van der Waals surface area (Å²) in [4.78, 5) is 7.82. The lowest BCUT2D eigenvalue weighted by Crippen LogP contribution is -1.77. The van der Waals surface area contributed by atoms with Gasteiger partial charge >= 0.3 is 0 Å². The van der Waals surface area contributed by atoms with Crippen molar-refractivity contribution < 1.29 is 4.42 Å². The van der Waals surface area contributed by atoms with Crippen LogP contribution < -0.4 is 0 Å². The largest absolute Gasteiger partial charge is 0.445 e. The highest BCUT2D eigenvalue weighted by molar-refractivity contribution is 6.29. The number of rotatable bonds is 0. The molecule has 4 heteroatoms. The van der Waals surface area contributed by atoms with E-state index in [9.17, 15) is 0 Å². The average molecular weight is 155 g/mol. The SMILES string of the molecule is Clc1cnc2ccoc2n1. The van der Waals surface area contributed by atoms with Crippen LogP contribution in [0.1, 0.15) is 0 Å². The van der Waals surface area contributed by atoms with Crippen LogP contribution >= 0.6 is 11.6 Å². The second kappa shape index (κ2) is 1.95. The van der Waals surface area contributed by atoms with Crippen LogP contribution in [0.3, 0.4) is 0 Å². The number of hydrogen-bond acceptors (Lipinski definition) is 3. The van der Waals surface area contributed by atoms with Gasteiger partial charge in [-0.3, -0.25) is 0 Å². The van der Waals surface area contributed by atoms with Gasteiger partial charge in [0, 0.05) is 6.07 Å². The van der Waals surface area contributed by atoms with E-state index in [2.05, 4.69) is 9.97 Å². The van der Waals surface area contributed by atoms with Gasteiger partial charge in [-0.25, -0.2) is 4.98 Å². The van der Waals surface area contributed by atoms with Crippen LogP contribution in [-0.4, -0.2) is 9.97 Å². The third-order valence-corrected chi connectivity index (χ3v) is 1.33. The van der Waals surface area contributed by atoms with Crippen molar-refractivity contribution in [3.8, 4) is 0 Å². The Kier molecular flexibility index (Phi) is 1.11. The molecule has 0 aliphatic rings. The maximum absolute atomic E-state index is 5.54. The molecule has 0 saturated carbocycles. The molecule has 2 aromatic rings. The summed E-state index contributed by atoms with van der Waals surface area (Å²) in [6.07, 6.45) is 3.01. The molecule has 3 nitrogen and oxygen atoms in total. The van der Waals surface area contributed by atoms with Gasteiger partial charge in [-0.05, 0) is 0 Å². The lowest BCUT2D eigenvalue weighted by molar-refractivity contribution is 0.602. The normalized spacial score (nSPS) is 10.5. The molecular formula is C6H3ClN2O. The smallest absolute Gasteiger partial charge is 0.246 e. The van der Waals surface area contributed by atoms with Gasteiger partial charge in [-0.1, -0.05) is 11.6 Å². The van der Waals surface area contributed by atoms with Gasteiger partial charge in [0.25, 0.3) is 0 Å². The minimum absolute atomic E-state index is 0.349. The quantitative estimate of drug-likeness (QED) is 0.582. The van der Waals surface area contributed by atoms with Crippen molar-refractivity contribution in [2.75, 3.05) is 0 Å². The molecule has 0 amide bonds.